The number of hydrogen-bond acceptors (Lipinski definition) is 4. The fourth-order valence-electron chi connectivity index (χ4n) is 2.18. The summed E-state index contributed by atoms with van der Waals surface area (Å²) in [6.45, 7) is 0. The Morgan fingerprint density at radius 2 is 1.82 bits per heavy atom. The van der Waals surface area contributed by atoms with Crippen molar-refractivity contribution in [3.63, 3.8) is 0 Å². The van der Waals surface area contributed by atoms with Gasteiger partial charge in [0.1, 0.15) is 5.75 Å². The molecule has 0 fully saturated rings. The molecule has 1 heterocycles. The molecule has 0 atom stereocenters. The summed E-state index contributed by atoms with van der Waals surface area (Å²) >= 11 is 0. The van der Waals surface area contributed by atoms with Crippen molar-refractivity contribution in [3.05, 3.63) is 54.3 Å². The van der Waals surface area contributed by atoms with Crippen molar-refractivity contribution in [3.8, 4) is 11.5 Å². The standard InChI is InChI=1S/C17H15NO4/c1-20-13-8-6-12(7-9-13)18-17(19)15-10-11-4-3-5-14(21-2)16(11)22-15/h3-10H,1-2H3,(H,18,19). The highest BCUT2D eigenvalue weighted by molar-refractivity contribution is 6.05. The summed E-state index contributed by atoms with van der Waals surface area (Å²) in [7, 11) is 3.16. The lowest BCUT2D eigenvalue weighted by molar-refractivity contribution is 0.0998. The highest BCUT2D eigenvalue weighted by atomic mass is 16.5. The largest absolute Gasteiger partial charge is 0.497 e. The molecule has 5 heteroatoms. The van der Waals surface area contributed by atoms with Gasteiger partial charge in [0.15, 0.2) is 17.1 Å². The Labute approximate surface area is 127 Å². The summed E-state index contributed by atoms with van der Waals surface area (Å²) in [6.07, 6.45) is 0. The topological polar surface area (TPSA) is 60.7 Å². The first-order valence-corrected chi connectivity index (χ1v) is 6.73. The van der Waals surface area contributed by atoms with E-state index in [9.17, 15) is 4.79 Å². The molecular weight excluding hydrogens is 282 g/mol. The van der Waals surface area contributed by atoms with Gasteiger partial charge in [0, 0.05) is 11.1 Å². The summed E-state index contributed by atoms with van der Waals surface area (Å²) in [6, 6.07) is 14.3. The molecule has 1 N–H and O–H groups in total. The number of ether oxygens (including phenoxy) is 2. The fourth-order valence-corrected chi connectivity index (χ4v) is 2.18. The van der Waals surface area contributed by atoms with Gasteiger partial charge in [0.05, 0.1) is 14.2 Å². The summed E-state index contributed by atoms with van der Waals surface area (Å²) in [5.41, 5.74) is 1.23. The highest BCUT2D eigenvalue weighted by Gasteiger charge is 2.14. The molecule has 0 unspecified atom stereocenters. The van der Waals surface area contributed by atoms with E-state index in [2.05, 4.69) is 5.32 Å². The molecule has 0 saturated carbocycles. The monoisotopic (exact) mass is 297 g/mol. The molecule has 0 aliphatic carbocycles. The zero-order chi connectivity index (χ0) is 15.5. The second kappa shape index (κ2) is 5.81. The van der Waals surface area contributed by atoms with Crippen LogP contribution in [-0.4, -0.2) is 20.1 Å². The molecule has 0 aliphatic heterocycles. The van der Waals surface area contributed by atoms with Gasteiger partial charge in [-0.1, -0.05) is 12.1 Å². The number of nitrogens with one attached hydrogen (secondary N) is 1. The van der Waals surface area contributed by atoms with E-state index < -0.39 is 0 Å². The van der Waals surface area contributed by atoms with E-state index in [1.165, 1.54) is 0 Å². The highest BCUT2D eigenvalue weighted by Crippen LogP contribution is 2.28. The van der Waals surface area contributed by atoms with Crippen LogP contribution in [0.2, 0.25) is 0 Å². The van der Waals surface area contributed by atoms with Crippen LogP contribution < -0.4 is 14.8 Å². The minimum absolute atomic E-state index is 0.232. The zero-order valence-corrected chi connectivity index (χ0v) is 12.3. The second-order valence-electron chi connectivity index (χ2n) is 4.67. The van der Waals surface area contributed by atoms with Crippen LogP contribution >= 0.6 is 0 Å². The van der Waals surface area contributed by atoms with Crippen molar-refractivity contribution in [1.29, 1.82) is 0 Å². The zero-order valence-electron chi connectivity index (χ0n) is 12.3. The normalized spacial score (nSPS) is 10.5. The quantitative estimate of drug-likeness (QED) is 0.797. The Hall–Kier alpha value is -2.95. The number of para-hydroxylation sites is 1. The molecule has 2 aromatic carbocycles. The molecular formula is C17H15NO4. The van der Waals surface area contributed by atoms with Crippen LogP contribution in [0.5, 0.6) is 11.5 Å². The lowest BCUT2D eigenvalue weighted by Gasteiger charge is -2.04. The predicted octanol–water partition coefficient (Wildman–Crippen LogP) is 3.70. The van der Waals surface area contributed by atoms with Gasteiger partial charge in [-0.3, -0.25) is 4.79 Å². The first-order chi connectivity index (χ1) is 10.7. The number of fused-ring (bicyclic) bond motifs is 1. The van der Waals surface area contributed by atoms with Gasteiger partial charge < -0.3 is 19.2 Å². The third-order valence-electron chi connectivity index (χ3n) is 3.30. The molecule has 0 spiro atoms. The summed E-state index contributed by atoms with van der Waals surface area (Å²) in [4.78, 5) is 12.3. The number of amides is 1. The van der Waals surface area contributed by atoms with Gasteiger partial charge in [0.25, 0.3) is 5.91 Å². The van der Waals surface area contributed by atoms with Crippen LogP contribution in [0.25, 0.3) is 11.0 Å². The molecule has 3 aromatic rings. The fraction of sp³-hybridized carbons (Fsp3) is 0.118. The Kier molecular flexibility index (Phi) is 3.70. The average molecular weight is 297 g/mol. The van der Waals surface area contributed by atoms with Gasteiger partial charge in [-0.05, 0) is 36.4 Å². The minimum Gasteiger partial charge on any atom is -0.497 e. The Balaban J connectivity index is 1.85. The first kappa shape index (κ1) is 14.0. The minimum atomic E-state index is -0.316. The SMILES string of the molecule is COc1ccc(NC(=O)c2cc3cccc(OC)c3o2)cc1. The number of hydrogen-bond donors (Lipinski definition) is 1. The lowest BCUT2D eigenvalue weighted by atomic mass is 10.2. The van der Waals surface area contributed by atoms with Crippen molar-refractivity contribution in [2.24, 2.45) is 0 Å². The van der Waals surface area contributed by atoms with Gasteiger partial charge in [-0.15, -0.1) is 0 Å². The van der Waals surface area contributed by atoms with Crippen molar-refractivity contribution in [2.75, 3.05) is 19.5 Å². The maximum absolute atomic E-state index is 12.3. The number of carbonyl (C=O) groups excluding carboxylic acids is 1. The van der Waals surface area contributed by atoms with E-state index in [-0.39, 0.29) is 11.7 Å². The first-order valence-electron chi connectivity index (χ1n) is 6.73. The van der Waals surface area contributed by atoms with Crippen LogP contribution in [0.15, 0.2) is 52.9 Å². The molecule has 5 nitrogen and oxygen atoms in total. The van der Waals surface area contributed by atoms with E-state index in [4.69, 9.17) is 13.9 Å². The number of anilines is 1. The maximum atomic E-state index is 12.3. The molecule has 3 rings (SSSR count). The molecule has 0 bridgehead atoms. The van der Waals surface area contributed by atoms with E-state index in [1.54, 1.807) is 50.6 Å². The van der Waals surface area contributed by atoms with Crippen molar-refractivity contribution in [1.82, 2.24) is 0 Å². The lowest BCUT2D eigenvalue weighted by Crippen LogP contribution is -2.10. The number of benzene rings is 2. The molecule has 0 radical (unpaired) electrons. The number of carbonyl (C=O) groups is 1. The number of methoxy groups -OCH3 is 2. The summed E-state index contributed by atoms with van der Waals surface area (Å²) < 4.78 is 15.9. The Bertz CT molecular complexity index is 805. The maximum Gasteiger partial charge on any atom is 0.291 e. The van der Waals surface area contributed by atoms with Crippen LogP contribution in [0, 0.1) is 0 Å². The summed E-state index contributed by atoms with van der Waals surface area (Å²) in [5.74, 6) is 1.24. The Morgan fingerprint density at radius 1 is 1.05 bits per heavy atom. The van der Waals surface area contributed by atoms with E-state index in [0.29, 0.717) is 17.0 Å². The second-order valence-corrected chi connectivity index (χ2v) is 4.67. The van der Waals surface area contributed by atoms with Gasteiger partial charge in [-0.25, -0.2) is 0 Å². The molecule has 1 amide bonds. The van der Waals surface area contributed by atoms with E-state index in [0.717, 1.165) is 11.1 Å². The van der Waals surface area contributed by atoms with Gasteiger partial charge in [-0.2, -0.15) is 0 Å². The van der Waals surface area contributed by atoms with Crippen molar-refractivity contribution in [2.45, 2.75) is 0 Å². The number of furan rings is 1. The third kappa shape index (κ3) is 2.61. The van der Waals surface area contributed by atoms with E-state index in [1.807, 2.05) is 12.1 Å². The molecule has 1 aromatic heterocycles. The average Bonchev–Trinajstić information content (AvgIpc) is 2.99. The third-order valence-corrected chi connectivity index (χ3v) is 3.30. The van der Waals surface area contributed by atoms with Crippen LogP contribution in [0.3, 0.4) is 0 Å². The molecule has 0 saturated heterocycles. The van der Waals surface area contributed by atoms with Crippen molar-refractivity contribution < 1.29 is 18.7 Å². The molecule has 0 aliphatic rings. The van der Waals surface area contributed by atoms with Gasteiger partial charge >= 0.3 is 0 Å². The summed E-state index contributed by atoms with van der Waals surface area (Å²) in [5, 5.41) is 3.60. The molecule has 112 valence electrons. The van der Waals surface area contributed by atoms with Crippen LogP contribution in [0.4, 0.5) is 5.69 Å². The van der Waals surface area contributed by atoms with Gasteiger partial charge in [0.2, 0.25) is 0 Å². The van der Waals surface area contributed by atoms with E-state index >= 15 is 0 Å². The van der Waals surface area contributed by atoms with Crippen LogP contribution in [0.1, 0.15) is 10.6 Å². The Morgan fingerprint density at radius 3 is 2.50 bits per heavy atom. The molecule has 22 heavy (non-hydrogen) atoms. The number of rotatable bonds is 4. The van der Waals surface area contributed by atoms with Crippen molar-refractivity contribution >= 4 is 22.6 Å². The van der Waals surface area contributed by atoms with Crippen LogP contribution in [-0.2, 0) is 0 Å². The predicted molar refractivity (Wildman–Crippen MR) is 83.7 cm³/mol. The smallest absolute Gasteiger partial charge is 0.291 e.